The molecule has 126 valence electrons. The van der Waals surface area contributed by atoms with Crippen LogP contribution in [0.3, 0.4) is 0 Å². The van der Waals surface area contributed by atoms with Crippen LogP contribution in [-0.4, -0.2) is 17.9 Å². The van der Waals surface area contributed by atoms with Crippen molar-refractivity contribution in [1.82, 2.24) is 4.90 Å². The van der Waals surface area contributed by atoms with Gasteiger partial charge in [-0.25, -0.2) is 0 Å². The number of aryl methyl sites for hydroxylation is 3. The molecule has 4 rings (SSSR count). The molecule has 0 fully saturated rings. The molecule has 0 N–H and O–H groups in total. The highest BCUT2D eigenvalue weighted by atomic mass is 16.2. The van der Waals surface area contributed by atoms with Crippen molar-refractivity contribution >= 4 is 16.7 Å². The van der Waals surface area contributed by atoms with E-state index < -0.39 is 0 Å². The summed E-state index contributed by atoms with van der Waals surface area (Å²) < 4.78 is 0. The van der Waals surface area contributed by atoms with Crippen molar-refractivity contribution in [3.63, 3.8) is 0 Å². The number of rotatable bonds is 4. The highest BCUT2D eigenvalue weighted by Crippen LogP contribution is 2.33. The van der Waals surface area contributed by atoms with E-state index in [0.717, 1.165) is 30.2 Å². The van der Waals surface area contributed by atoms with Gasteiger partial charge in [-0.2, -0.15) is 0 Å². The minimum atomic E-state index is 0.0927. The molecule has 1 amide bonds. The van der Waals surface area contributed by atoms with E-state index in [-0.39, 0.29) is 5.91 Å². The predicted molar refractivity (Wildman–Crippen MR) is 103 cm³/mol. The predicted octanol–water partition coefficient (Wildman–Crippen LogP) is 4.77. The number of carbonyl (C=O) groups is 1. The fraction of sp³-hybridized carbons (Fsp3) is 0.261. The second kappa shape index (κ2) is 6.36. The fourth-order valence-corrected chi connectivity index (χ4v) is 3.86. The molecule has 0 spiro atoms. The number of benzene rings is 3. The van der Waals surface area contributed by atoms with Crippen molar-refractivity contribution in [3.8, 4) is 0 Å². The summed E-state index contributed by atoms with van der Waals surface area (Å²) in [5.41, 5.74) is 6.05. The largest absolute Gasteiger partial charge is 0.337 e. The Morgan fingerprint density at radius 3 is 2.32 bits per heavy atom. The molecule has 0 bridgehead atoms. The van der Waals surface area contributed by atoms with Gasteiger partial charge in [0.15, 0.2) is 0 Å². The maximum Gasteiger partial charge on any atom is 0.254 e. The zero-order valence-electron chi connectivity index (χ0n) is 14.9. The summed E-state index contributed by atoms with van der Waals surface area (Å²) in [4.78, 5) is 14.9. The molecule has 0 aliphatic heterocycles. The van der Waals surface area contributed by atoms with Crippen molar-refractivity contribution in [1.29, 1.82) is 0 Å². The van der Waals surface area contributed by atoms with Crippen LogP contribution >= 0.6 is 0 Å². The standard InChI is InChI=1S/C23H23NO/c1-3-16-7-9-17(10-8-16)15-24(2)23(25)21-14-13-19-12-11-18-5-4-6-20(21)22(18)19/h4-10,13-14H,3,11-12,15H2,1-2H3. The lowest BCUT2D eigenvalue weighted by Gasteiger charge is -2.19. The van der Waals surface area contributed by atoms with Crippen LogP contribution in [0.4, 0.5) is 0 Å². The number of hydrogen-bond acceptors (Lipinski definition) is 1. The minimum absolute atomic E-state index is 0.0927. The Morgan fingerprint density at radius 2 is 1.60 bits per heavy atom. The number of hydrogen-bond donors (Lipinski definition) is 0. The van der Waals surface area contributed by atoms with E-state index in [9.17, 15) is 4.79 Å². The molecule has 0 atom stereocenters. The van der Waals surface area contributed by atoms with E-state index in [1.807, 2.05) is 18.0 Å². The van der Waals surface area contributed by atoms with Gasteiger partial charge in [-0.3, -0.25) is 4.79 Å². The Morgan fingerprint density at radius 1 is 0.920 bits per heavy atom. The summed E-state index contributed by atoms with van der Waals surface area (Å²) >= 11 is 0. The van der Waals surface area contributed by atoms with Crippen LogP contribution < -0.4 is 0 Å². The Labute approximate surface area is 149 Å². The second-order valence-corrected chi connectivity index (χ2v) is 6.94. The first kappa shape index (κ1) is 15.9. The van der Waals surface area contributed by atoms with Crippen molar-refractivity contribution < 1.29 is 4.79 Å². The average Bonchev–Trinajstić information content (AvgIpc) is 3.07. The van der Waals surface area contributed by atoms with E-state index in [2.05, 4.69) is 55.5 Å². The van der Waals surface area contributed by atoms with Crippen LogP contribution in [0.2, 0.25) is 0 Å². The average molecular weight is 329 g/mol. The van der Waals surface area contributed by atoms with Crippen LogP contribution in [0.5, 0.6) is 0 Å². The molecule has 2 nitrogen and oxygen atoms in total. The van der Waals surface area contributed by atoms with Crippen LogP contribution in [0.25, 0.3) is 10.8 Å². The first-order valence-electron chi connectivity index (χ1n) is 9.04. The maximum atomic E-state index is 13.1. The first-order chi connectivity index (χ1) is 12.2. The van der Waals surface area contributed by atoms with Crippen molar-refractivity contribution in [2.24, 2.45) is 0 Å². The Balaban J connectivity index is 1.63. The molecule has 0 saturated heterocycles. The molecule has 3 aromatic rings. The molecule has 1 aliphatic carbocycles. The van der Waals surface area contributed by atoms with Crippen molar-refractivity contribution in [3.05, 3.63) is 82.4 Å². The molecule has 0 heterocycles. The lowest BCUT2D eigenvalue weighted by molar-refractivity contribution is 0.0787. The topological polar surface area (TPSA) is 20.3 Å². The summed E-state index contributed by atoms with van der Waals surface area (Å²) in [7, 11) is 1.89. The smallest absolute Gasteiger partial charge is 0.254 e. The van der Waals surface area contributed by atoms with E-state index in [0.29, 0.717) is 6.54 Å². The van der Waals surface area contributed by atoms with E-state index >= 15 is 0 Å². The zero-order valence-corrected chi connectivity index (χ0v) is 14.9. The van der Waals surface area contributed by atoms with Gasteiger partial charge in [-0.05, 0) is 58.4 Å². The summed E-state index contributed by atoms with van der Waals surface area (Å²) in [6, 6.07) is 19.0. The molecule has 2 heteroatoms. The third-order valence-corrected chi connectivity index (χ3v) is 5.30. The summed E-state index contributed by atoms with van der Waals surface area (Å²) in [5, 5.41) is 2.40. The van der Waals surface area contributed by atoms with E-state index in [1.165, 1.54) is 27.6 Å². The molecule has 0 saturated carbocycles. The highest BCUT2D eigenvalue weighted by molar-refractivity contribution is 6.09. The van der Waals surface area contributed by atoms with Gasteiger partial charge in [-0.1, -0.05) is 55.5 Å². The van der Waals surface area contributed by atoms with Crippen LogP contribution in [0, 0.1) is 0 Å². The quantitative estimate of drug-likeness (QED) is 0.675. The van der Waals surface area contributed by atoms with Gasteiger partial charge in [-0.15, -0.1) is 0 Å². The molecule has 1 aliphatic rings. The van der Waals surface area contributed by atoms with E-state index in [1.54, 1.807) is 0 Å². The molecule has 25 heavy (non-hydrogen) atoms. The Kier molecular flexibility index (Phi) is 4.04. The summed E-state index contributed by atoms with van der Waals surface area (Å²) in [6.07, 6.45) is 3.21. The fourth-order valence-electron chi connectivity index (χ4n) is 3.86. The molecule has 3 aromatic carbocycles. The highest BCUT2D eigenvalue weighted by Gasteiger charge is 2.20. The molecule has 0 unspecified atom stereocenters. The molecule has 0 aromatic heterocycles. The lowest BCUT2D eigenvalue weighted by atomic mass is 9.99. The normalized spacial score (nSPS) is 12.6. The van der Waals surface area contributed by atoms with Gasteiger partial charge >= 0.3 is 0 Å². The number of carbonyl (C=O) groups excluding carboxylic acids is 1. The van der Waals surface area contributed by atoms with Gasteiger partial charge in [0.05, 0.1) is 0 Å². The maximum absolute atomic E-state index is 13.1. The molecular formula is C23H23NO. The van der Waals surface area contributed by atoms with E-state index in [4.69, 9.17) is 0 Å². The van der Waals surface area contributed by atoms with Gasteiger partial charge < -0.3 is 4.90 Å². The zero-order chi connectivity index (χ0) is 17.4. The first-order valence-corrected chi connectivity index (χ1v) is 9.04. The molecular weight excluding hydrogens is 306 g/mol. The summed E-state index contributed by atoms with van der Waals surface area (Å²) in [5.74, 6) is 0.0927. The lowest BCUT2D eigenvalue weighted by Crippen LogP contribution is -2.26. The van der Waals surface area contributed by atoms with Crippen LogP contribution in [0.1, 0.15) is 39.5 Å². The van der Waals surface area contributed by atoms with Gasteiger partial charge in [0.2, 0.25) is 0 Å². The van der Waals surface area contributed by atoms with Crippen molar-refractivity contribution in [2.75, 3.05) is 7.05 Å². The Hall–Kier alpha value is -2.61. The number of nitrogens with zero attached hydrogens (tertiary/aromatic N) is 1. The third kappa shape index (κ3) is 2.82. The van der Waals surface area contributed by atoms with Crippen LogP contribution in [0.15, 0.2) is 54.6 Å². The van der Waals surface area contributed by atoms with Crippen LogP contribution in [-0.2, 0) is 25.8 Å². The minimum Gasteiger partial charge on any atom is -0.337 e. The van der Waals surface area contributed by atoms with Gasteiger partial charge in [0.1, 0.15) is 0 Å². The third-order valence-electron chi connectivity index (χ3n) is 5.30. The summed E-state index contributed by atoms with van der Waals surface area (Å²) in [6.45, 7) is 2.78. The Bertz CT molecular complexity index is 930. The monoisotopic (exact) mass is 329 g/mol. The van der Waals surface area contributed by atoms with Crippen molar-refractivity contribution in [2.45, 2.75) is 32.7 Å². The second-order valence-electron chi connectivity index (χ2n) is 6.94. The van der Waals surface area contributed by atoms with Gasteiger partial charge in [0, 0.05) is 19.2 Å². The molecule has 0 radical (unpaired) electrons. The SMILES string of the molecule is CCc1ccc(CN(C)C(=O)c2ccc3c4c(cccc24)CC3)cc1. The number of amides is 1. The van der Waals surface area contributed by atoms with Gasteiger partial charge in [0.25, 0.3) is 5.91 Å².